The molecule has 0 heterocycles. The van der Waals surface area contributed by atoms with Crippen molar-refractivity contribution in [1.82, 2.24) is 5.32 Å². The number of carbonyl (C=O) groups is 1. The largest absolute Gasteiger partial charge is 0.338 e. The molecule has 0 bridgehead atoms. The topological polar surface area (TPSA) is 41.1 Å². The van der Waals surface area contributed by atoms with Crippen LogP contribution in [-0.2, 0) is 0 Å². The van der Waals surface area contributed by atoms with E-state index >= 15 is 0 Å². The average molecular weight is 282 g/mol. The first-order valence-corrected chi connectivity index (χ1v) is 5.87. The van der Waals surface area contributed by atoms with Crippen LogP contribution >= 0.6 is 34.8 Å². The van der Waals surface area contributed by atoms with Crippen LogP contribution in [0, 0.1) is 0 Å². The molecule has 88 valence electrons. The van der Waals surface area contributed by atoms with Gasteiger partial charge < -0.3 is 10.6 Å². The van der Waals surface area contributed by atoms with Gasteiger partial charge >= 0.3 is 6.03 Å². The number of amides is 2. The van der Waals surface area contributed by atoms with Gasteiger partial charge in [-0.15, -0.1) is 0 Å². The predicted octanol–water partition coefficient (Wildman–Crippen LogP) is 4.18. The van der Waals surface area contributed by atoms with E-state index in [9.17, 15) is 4.79 Å². The third-order valence-corrected chi connectivity index (χ3v) is 2.83. The lowest BCUT2D eigenvalue weighted by molar-refractivity contribution is 0.252. The molecule has 0 radical (unpaired) electrons. The standard InChI is InChI=1S/C10H11Cl3N2O/c1-2-3-14-10(16)15-9-5-7(12)6(11)4-8(9)13/h4-5H,2-3H2,1H3,(H2,14,15,16). The molecule has 1 aromatic rings. The summed E-state index contributed by atoms with van der Waals surface area (Å²) in [6.07, 6.45) is 0.864. The summed E-state index contributed by atoms with van der Waals surface area (Å²) in [6.45, 7) is 2.57. The number of carbonyl (C=O) groups excluding carboxylic acids is 1. The van der Waals surface area contributed by atoms with Crippen LogP contribution in [0.15, 0.2) is 12.1 Å². The van der Waals surface area contributed by atoms with Crippen LogP contribution in [0.25, 0.3) is 0 Å². The van der Waals surface area contributed by atoms with E-state index in [4.69, 9.17) is 34.8 Å². The van der Waals surface area contributed by atoms with Gasteiger partial charge in [-0.2, -0.15) is 0 Å². The summed E-state index contributed by atoms with van der Waals surface area (Å²) in [5, 5.41) is 6.29. The molecule has 0 atom stereocenters. The van der Waals surface area contributed by atoms with E-state index in [1.54, 1.807) is 0 Å². The number of urea groups is 1. The van der Waals surface area contributed by atoms with Crippen molar-refractivity contribution in [3.8, 4) is 0 Å². The molecule has 0 aliphatic carbocycles. The Bertz CT molecular complexity index is 396. The van der Waals surface area contributed by atoms with E-state index in [0.717, 1.165) is 6.42 Å². The van der Waals surface area contributed by atoms with E-state index in [0.29, 0.717) is 27.3 Å². The maximum atomic E-state index is 11.4. The van der Waals surface area contributed by atoms with Crippen molar-refractivity contribution in [3.05, 3.63) is 27.2 Å². The Labute approximate surface area is 109 Å². The van der Waals surface area contributed by atoms with E-state index in [1.165, 1.54) is 12.1 Å². The summed E-state index contributed by atoms with van der Waals surface area (Å²) in [4.78, 5) is 11.4. The fourth-order valence-electron chi connectivity index (χ4n) is 1.02. The van der Waals surface area contributed by atoms with Crippen molar-refractivity contribution in [2.45, 2.75) is 13.3 Å². The summed E-state index contributed by atoms with van der Waals surface area (Å²) < 4.78 is 0. The van der Waals surface area contributed by atoms with Crippen molar-refractivity contribution in [2.24, 2.45) is 0 Å². The number of anilines is 1. The Kier molecular flexibility index (Phi) is 5.19. The number of hydrogen-bond acceptors (Lipinski definition) is 1. The molecule has 0 saturated carbocycles. The van der Waals surface area contributed by atoms with E-state index < -0.39 is 0 Å². The zero-order chi connectivity index (χ0) is 12.1. The van der Waals surface area contributed by atoms with Crippen molar-refractivity contribution >= 4 is 46.5 Å². The predicted molar refractivity (Wildman–Crippen MR) is 68.8 cm³/mol. The first-order valence-electron chi connectivity index (χ1n) is 4.74. The molecule has 0 saturated heterocycles. The molecule has 0 aliphatic rings. The lowest BCUT2D eigenvalue weighted by Gasteiger charge is -2.09. The number of nitrogens with one attached hydrogen (secondary N) is 2. The fraction of sp³-hybridized carbons (Fsp3) is 0.300. The van der Waals surface area contributed by atoms with Crippen LogP contribution < -0.4 is 10.6 Å². The summed E-state index contributed by atoms with van der Waals surface area (Å²) in [7, 11) is 0. The molecule has 0 aliphatic heterocycles. The molecule has 1 aromatic carbocycles. The Balaban J connectivity index is 2.73. The minimum atomic E-state index is -0.317. The zero-order valence-electron chi connectivity index (χ0n) is 8.61. The number of benzene rings is 1. The second-order valence-corrected chi connectivity index (χ2v) is 4.35. The van der Waals surface area contributed by atoms with Gasteiger partial charge in [0.25, 0.3) is 0 Å². The third-order valence-electron chi connectivity index (χ3n) is 1.79. The smallest absolute Gasteiger partial charge is 0.319 e. The average Bonchev–Trinajstić information content (AvgIpc) is 2.23. The second kappa shape index (κ2) is 6.18. The fourth-order valence-corrected chi connectivity index (χ4v) is 1.62. The van der Waals surface area contributed by atoms with Gasteiger partial charge in [0.2, 0.25) is 0 Å². The van der Waals surface area contributed by atoms with Crippen LogP contribution in [0.4, 0.5) is 10.5 Å². The third kappa shape index (κ3) is 3.74. The van der Waals surface area contributed by atoms with Crippen LogP contribution in [0.5, 0.6) is 0 Å². The van der Waals surface area contributed by atoms with Crippen molar-refractivity contribution in [2.75, 3.05) is 11.9 Å². The number of halogens is 3. The van der Waals surface area contributed by atoms with Gasteiger partial charge in [0, 0.05) is 6.54 Å². The van der Waals surface area contributed by atoms with Gasteiger partial charge in [-0.05, 0) is 18.6 Å². The minimum absolute atomic E-state index is 0.317. The van der Waals surface area contributed by atoms with Gasteiger partial charge in [0.1, 0.15) is 0 Å². The molecule has 2 N–H and O–H groups in total. The monoisotopic (exact) mass is 280 g/mol. The summed E-state index contributed by atoms with van der Waals surface area (Å²) in [6, 6.07) is 2.68. The van der Waals surface area contributed by atoms with Crippen LogP contribution in [0.3, 0.4) is 0 Å². The highest BCUT2D eigenvalue weighted by atomic mass is 35.5. The summed E-state index contributed by atoms with van der Waals surface area (Å²) in [5.41, 5.74) is 0.435. The minimum Gasteiger partial charge on any atom is -0.338 e. The SMILES string of the molecule is CCCNC(=O)Nc1cc(Cl)c(Cl)cc1Cl. The molecule has 3 nitrogen and oxygen atoms in total. The molecular weight excluding hydrogens is 270 g/mol. The van der Waals surface area contributed by atoms with Gasteiger partial charge in [0.05, 0.1) is 20.8 Å². The van der Waals surface area contributed by atoms with E-state index in [1.807, 2.05) is 6.92 Å². The maximum absolute atomic E-state index is 11.4. The number of hydrogen-bond donors (Lipinski definition) is 2. The van der Waals surface area contributed by atoms with Crippen LogP contribution in [0.2, 0.25) is 15.1 Å². The zero-order valence-corrected chi connectivity index (χ0v) is 10.9. The maximum Gasteiger partial charge on any atom is 0.319 e. The Morgan fingerprint density at radius 2 is 1.81 bits per heavy atom. The first kappa shape index (κ1) is 13.4. The summed E-state index contributed by atoms with van der Waals surface area (Å²) in [5.74, 6) is 0. The Morgan fingerprint density at radius 1 is 1.19 bits per heavy atom. The highest BCUT2D eigenvalue weighted by Crippen LogP contribution is 2.32. The second-order valence-electron chi connectivity index (χ2n) is 3.13. The molecule has 0 aromatic heterocycles. The molecular formula is C10H11Cl3N2O. The first-order chi connectivity index (χ1) is 7.54. The quantitative estimate of drug-likeness (QED) is 0.802. The van der Waals surface area contributed by atoms with Crippen LogP contribution in [0.1, 0.15) is 13.3 Å². The van der Waals surface area contributed by atoms with Gasteiger partial charge in [-0.1, -0.05) is 41.7 Å². The molecule has 0 spiro atoms. The van der Waals surface area contributed by atoms with Gasteiger partial charge in [0.15, 0.2) is 0 Å². The molecule has 1 rings (SSSR count). The highest BCUT2D eigenvalue weighted by molar-refractivity contribution is 6.44. The molecule has 6 heteroatoms. The number of rotatable bonds is 3. The Hall–Kier alpha value is -0.640. The van der Waals surface area contributed by atoms with Crippen molar-refractivity contribution in [3.63, 3.8) is 0 Å². The highest BCUT2D eigenvalue weighted by Gasteiger charge is 2.08. The summed E-state index contributed by atoms with van der Waals surface area (Å²) >= 11 is 17.5. The van der Waals surface area contributed by atoms with E-state index in [-0.39, 0.29) is 6.03 Å². The van der Waals surface area contributed by atoms with Crippen LogP contribution in [-0.4, -0.2) is 12.6 Å². The van der Waals surface area contributed by atoms with Gasteiger partial charge in [-0.25, -0.2) is 4.79 Å². The molecule has 0 unspecified atom stereocenters. The van der Waals surface area contributed by atoms with E-state index in [2.05, 4.69) is 10.6 Å². The molecule has 0 fully saturated rings. The van der Waals surface area contributed by atoms with Crippen molar-refractivity contribution in [1.29, 1.82) is 0 Å². The lowest BCUT2D eigenvalue weighted by atomic mass is 10.3. The Morgan fingerprint density at radius 3 is 2.44 bits per heavy atom. The molecule has 16 heavy (non-hydrogen) atoms. The normalized spacial score (nSPS) is 10.0. The van der Waals surface area contributed by atoms with Gasteiger partial charge in [-0.3, -0.25) is 0 Å². The van der Waals surface area contributed by atoms with Crippen molar-refractivity contribution < 1.29 is 4.79 Å². The molecule has 2 amide bonds. The lowest BCUT2D eigenvalue weighted by Crippen LogP contribution is -2.29.